The Morgan fingerprint density at radius 2 is 1.25 bits per heavy atom. The molecule has 0 saturated carbocycles. The maximum absolute atomic E-state index is 6.50. The van der Waals surface area contributed by atoms with Gasteiger partial charge in [-0.25, -0.2) is 0 Å². The molecule has 1 aliphatic carbocycles. The van der Waals surface area contributed by atoms with Crippen molar-refractivity contribution >= 4 is 11.4 Å². The lowest BCUT2D eigenvalue weighted by Crippen LogP contribution is -2.33. The van der Waals surface area contributed by atoms with Crippen molar-refractivity contribution in [3.8, 4) is 22.6 Å². The highest BCUT2D eigenvalue weighted by atomic mass is 16.5. The summed E-state index contributed by atoms with van der Waals surface area (Å²) in [5, 5.41) is 3.76. The summed E-state index contributed by atoms with van der Waals surface area (Å²) in [5.41, 5.74) is 11.5. The van der Waals surface area contributed by atoms with Crippen LogP contribution in [0.25, 0.3) is 16.8 Å². The van der Waals surface area contributed by atoms with Crippen LogP contribution < -0.4 is 10.1 Å². The molecule has 1 spiro atoms. The van der Waals surface area contributed by atoms with Crippen molar-refractivity contribution in [3.63, 3.8) is 0 Å². The Hall–Kier alpha value is -5.74. The molecule has 208 valence electrons. The minimum atomic E-state index is -0.619. The standard InChI is InChI=1S/C40H27N3O/c1-3-12-26(13-4-1)34-25-35(27-14-5-2-6-15-27)43-39(42-34)28-21-22-29-30-16-11-23-41-38(30)40(33(29)24-28)31-17-7-9-19-36(31)44-37-20-10-8-18-32(37)40/h1-25,39,42H. The molecular formula is C40H27N3O. The third-order valence-electron chi connectivity index (χ3n) is 9.01. The van der Waals surface area contributed by atoms with E-state index in [9.17, 15) is 0 Å². The van der Waals surface area contributed by atoms with E-state index in [0.29, 0.717) is 0 Å². The smallest absolute Gasteiger partial charge is 0.145 e. The van der Waals surface area contributed by atoms with E-state index < -0.39 is 5.41 Å². The summed E-state index contributed by atoms with van der Waals surface area (Å²) in [6.45, 7) is 0. The van der Waals surface area contributed by atoms with Gasteiger partial charge in [0.25, 0.3) is 0 Å². The number of hydrogen-bond donors (Lipinski definition) is 1. The Balaban J connectivity index is 1.27. The number of benzene rings is 5. The molecule has 6 aromatic rings. The molecule has 0 saturated heterocycles. The predicted octanol–water partition coefficient (Wildman–Crippen LogP) is 8.68. The predicted molar refractivity (Wildman–Crippen MR) is 175 cm³/mol. The Bertz CT molecular complexity index is 2090. The quantitative estimate of drug-likeness (QED) is 0.233. The molecule has 0 bridgehead atoms. The molecule has 44 heavy (non-hydrogen) atoms. The van der Waals surface area contributed by atoms with Gasteiger partial charge in [-0.1, -0.05) is 115 Å². The molecule has 4 heteroatoms. The maximum atomic E-state index is 6.50. The van der Waals surface area contributed by atoms with Gasteiger partial charge in [0.05, 0.1) is 16.8 Å². The van der Waals surface area contributed by atoms with E-state index in [2.05, 4.69) is 121 Å². The van der Waals surface area contributed by atoms with Gasteiger partial charge in [0.15, 0.2) is 0 Å². The second kappa shape index (κ2) is 9.65. The molecule has 2 aliphatic heterocycles. The largest absolute Gasteiger partial charge is 0.457 e. The number of nitrogens with zero attached hydrogens (tertiary/aromatic N) is 2. The fourth-order valence-corrected chi connectivity index (χ4v) is 7.11. The Morgan fingerprint density at radius 1 is 0.591 bits per heavy atom. The summed E-state index contributed by atoms with van der Waals surface area (Å²) in [6.07, 6.45) is 3.78. The number of aliphatic imine (C=N–C) groups is 1. The van der Waals surface area contributed by atoms with Gasteiger partial charge in [0, 0.05) is 28.6 Å². The van der Waals surface area contributed by atoms with Gasteiger partial charge in [-0.2, -0.15) is 0 Å². The molecule has 1 N–H and O–H groups in total. The van der Waals surface area contributed by atoms with E-state index in [0.717, 1.165) is 62.0 Å². The van der Waals surface area contributed by atoms with Crippen LogP contribution in [0.1, 0.15) is 45.2 Å². The van der Waals surface area contributed by atoms with Crippen LogP contribution in [-0.4, -0.2) is 10.7 Å². The number of hydrogen-bond acceptors (Lipinski definition) is 4. The fourth-order valence-electron chi connectivity index (χ4n) is 7.11. The number of nitrogens with one attached hydrogen (secondary N) is 1. The summed E-state index contributed by atoms with van der Waals surface area (Å²) < 4.78 is 6.50. The molecule has 4 nitrogen and oxygen atoms in total. The van der Waals surface area contributed by atoms with Crippen LogP contribution in [0.3, 0.4) is 0 Å². The van der Waals surface area contributed by atoms with Crippen molar-refractivity contribution in [1.82, 2.24) is 10.3 Å². The highest BCUT2D eigenvalue weighted by molar-refractivity contribution is 6.13. The van der Waals surface area contributed by atoms with Crippen molar-refractivity contribution in [3.05, 3.63) is 191 Å². The fraction of sp³-hybridized carbons (Fsp3) is 0.0500. The lowest BCUT2D eigenvalue weighted by atomic mass is 9.67. The van der Waals surface area contributed by atoms with Gasteiger partial charge in [0.2, 0.25) is 0 Å². The lowest BCUT2D eigenvalue weighted by molar-refractivity contribution is 0.434. The van der Waals surface area contributed by atoms with E-state index in [1.165, 1.54) is 11.1 Å². The Labute approximate surface area is 256 Å². The summed E-state index contributed by atoms with van der Waals surface area (Å²) in [6, 6.07) is 48.7. The molecule has 0 fully saturated rings. The molecule has 5 aromatic carbocycles. The number of fused-ring (bicyclic) bond motifs is 9. The summed E-state index contributed by atoms with van der Waals surface area (Å²) >= 11 is 0. The number of ether oxygens (including phenoxy) is 1. The van der Waals surface area contributed by atoms with Crippen molar-refractivity contribution < 1.29 is 4.74 Å². The maximum Gasteiger partial charge on any atom is 0.145 e. The van der Waals surface area contributed by atoms with E-state index in [4.69, 9.17) is 14.7 Å². The van der Waals surface area contributed by atoms with Gasteiger partial charge < -0.3 is 10.1 Å². The van der Waals surface area contributed by atoms with Gasteiger partial charge in [0.1, 0.15) is 17.7 Å². The molecular weight excluding hydrogens is 538 g/mol. The van der Waals surface area contributed by atoms with Gasteiger partial charge in [-0.05, 0) is 58.2 Å². The highest BCUT2D eigenvalue weighted by Crippen LogP contribution is 2.61. The topological polar surface area (TPSA) is 46.5 Å². The number of allylic oxidation sites excluding steroid dienone is 1. The first-order valence-corrected chi connectivity index (χ1v) is 14.9. The first kappa shape index (κ1) is 24.8. The molecule has 1 atom stereocenters. The van der Waals surface area contributed by atoms with Crippen LogP contribution in [0.15, 0.2) is 157 Å². The highest BCUT2D eigenvalue weighted by Gasteiger charge is 2.52. The zero-order valence-electron chi connectivity index (χ0n) is 23.8. The molecule has 0 amide bonds. The SMILES string of the molecule is C1=C(c2ccccc2)NC(c2ccc3c(c2)C2(c4ccccc4Oc4ccccc42)c2ncccc2-3)N=C1c1ccccc1. The van der Waals surface area contributed by atoms with Crippen LogP contribution in [-0.2, 0) is 5.41 Å². The molecule has 0 radical (unpaired) electrons. The average Bonchev–Trinajstić information content (AvgIpc) is 3.39. The minimum Gasteiger partial charge on any atom is -0.457 e. The van der Waals surface area contributed by atoms with Gasteiger partial charge in [-0.3, -0.25) is 9.98 Å². The molecule has 1 aromatic heterocycles. The molecule has 9 rings (SSSR count). The van der Waals surface area contributed by atoms with Crippen LogP contribution in [0.4, 0.5) is 0 Å². The Kier molecular flexibility index (Phi) is 5.44. The summed E-state index contributed by atoms with van der Waals surface area (Å²) in [4.78, 5) is 10.4. The lowest BCUT2D eigenvalue weighted by Gasteiger charge is -2.38. The summed E-state index contributed by atoms with van der Waals surface area (Å²) in [7, 11) is 0. The van der Waals surface area contributed by atoms with E-state index in [1.807, 2.05) is 36.5 Å². The normalized spacial score (nSPS) is 16.8. The van der Waals surface area contributed by atoms with E-state index in [-0.39, 0.29) is 6.17 Å². The first-order chi connectivity index (χ1) is 21.8. The number of rotatable bonds is 3. The number of pyridine rings is 1. The molecule has 3 aliphatic rings. The zero-order valence-corrected chi connectivity index (χ0v) is 23.8. The minimum absolute atomic E-state index is 0.283. The first-order valence-electron chi connectivity index (χ1n) is 14.9. The monoisotopic (exact) mass is 565 g/mol. The molecule has 1 unspecified atom stereocenters. The van der Waals surface area contributed by atoms with Gasteiger partial charge in [-0.15, -0.1) is 0 Å². The van der Waals surface area contributed by atoms with Crippen molar-refractivity contribution in [2.45, 2.75) is 11.6 Å². The van der Waals surface area contributed by atoms with Crippen LogP contribution in [0, 0.1) is 0 Å². The number of para-hydroxylation sites is 2. The van der Waals surface area contributed by atoms with E-state index in [1.54, 1.807) is 0 Å². The van der Waals surface area contributed by atoms with Crippen molar-refractivity contribution in [1.29, 1.82) is 0 Å². The Morgan fingerprint density at radius 3 is 1.98 bits per heavy atom. The van der Waals surface area contributed by atoms with Crippen LogP contribution in [0.2, 0.25) is 0 Å². The molecule has 3 heterocycles. The average molecular weight is 566 g/mol. The summed E-state index contributed by atoms with van der Waals surface area (Å²) in [5.74, 6) is 1.71. The third kappa shape index (κ3) is 3.58. The second-order valence-electron chi connectivity index (χ2n) is 11.4. The van der Waals surface area contributed by atoms with Gasteiger partial charge >= 0.3 is 0 Å². The number of aromatic nitrogens is 1. The van der Waals surface area contributed by atoms with Crippen LogP contribution in [0.5, 0.6) is 11.5 Å². The van der Waals surface area contributed by atoms with Crippen molar-refractivity contribution in [2.24, 2.45) is 4.99 Å². The van der Waals surface area contributed by atoms with E-state index >= 15 is 0 Å². The third-order valence-corrected chi connectivity index (χ3v) is 9.01. The second-order valence-corrected chi connectivity index (χ2v) is 11.4. The zero-order chi connectivity index (χ0) is 29.1. The van der Waals surface area contributed by atoms with Crippen molar-refractivity contribution in [2.75, 3.05) is 0 Å². The van der Waals surface area contributed by atoms with Crippen LogP contribution >= 0.6 is 0 Å².